The molecular formula is C18H30FN. The van der Waals surface area contributed by atoms with E-state index in [0.717, 1.165) is 12.8 Å². The van der Waals surface area contributed by atoms with Crippen LogP contribution in [0.25, 0.3) is 0 Å². The summed E-state index contributed by atoms with van der Waals surface area (Å²) in [7, 11) is 0. The number of nitrogens with two attached hydrogens (primary N) is 1. The number of unbranched alkanes of at least 4 members (excludes halogenated alkanes) is 7. The van der Waals surface area contributed by atoms with Crippen molar-refractivity contribution in [3.63, 3.8) is 0 Å². The average Bonchev–Trinajstić information content (AvgIpc) is 2.42. The minimum atomic E-state index is -0.548. The van der Waals surface area contributed by atoms with Crippen molar-refractivity contribution < 1.29 is 4.39 Å². The lowest BCUT2D eigenvalue weighted by molar-refractivity contribution is 0.402. The minimum absolute atomic E-state index is 0.183. The van der Waals surface area contributed by atoms with Crippen LogP contribution in [0.15, 0.2) is 24.3 Å². The van der Waals surface area contributed by atoms with Gasteiger partial charge in [-0.2, -0.15) is 0 Å². The number of benzene rings is 1. The van der Waals surface area contributed by atoms with Crippen LogP contribution >= 0.6 is 0 Å². The highest BCUT2D eigenvalue weighted by atomic mass is 19.1. The third-order valence-corrected chi connectivity index (χ3v) is 4.04. The van der Waals surface area contributed by atoms with E-state index in [1.807, 2.05) is 13.0 Å². The van der Waals surface area contributed by atoms with E-state index in [1.54, 1.807) is 12.1 Å². The zero-order valence-corrected chi connectivity index (χ0v) is 13.1. The summed E-state index contributed by atoms with van der Waals surface area (Å²) >= 11 is 0. The van der Waals surface area contributed by atoms with E-state index in [-0.39, 0.29) is 5.82 Å². The summed E-state index contributed by atoms with van der Waals surface area (Å²) in [6, 6.07) is 6.87. The first-order valence-electron chi connectivity index (χ1n) is 8.12. The number of halogens is 1. The summed E-state index contributed by atoms with van der Waals surface area (Å²) in [6.45, 7) is 4.18. The van der Waals surface area contributed by atoms with Gasteiger partial charge >= 0.3 is 0 Å². The predicted molar refractivity (Wildman–Crippen MR) is 85.2 cm³/mol. The topological polar surface area (TPSA) is 26.0 Å². The molecule has 2 heteroatoms. The summed E-state index contributed by atoms with van der Waals surface area (Å²) in [4.78, 5) is 0. The molecule has 0 aliphatic rings. The molecule has 0 radical (unpaired) electrons. The van der Waals surface area contributed by atoms with Crippen LogP contribution in [0.2, 0.25) is 0 Å². The first-order chi connectivity index (χ1) is 9.58. The van der Waals surface area contributed by atoms with Gasteiger partial charge in [-0.05, 0) is 19.4 Å². The fraction of sp³-hybridized carbons (Fsp3) is 0.667. The summed E-state index contributed by atoms with van der Waals surface area (Å²) in [5, 5.41) is 0. The highest BCUT2D eigenvalue weighted by Gasteiger charge is 2.23. The third kappa shape index (κ3) is 6.04. The largest absolute Gasteiger partial charge is 0.322 e. The standard InChI is InChI=1S/C18H30FN/c1-3-4-5-6-7-8-9-12-15-18(2,20)16-13-10-11-14-17(16)19/h10-11,13-14H,3-9,12,15,20H2,1-2H3. The molecule has 20 heavy (non-hydrogen) atoms. The van der Waals surface area contributed by atoms with Crippen LogP contribution in [-0.2, 0) is 5.54 Å². The Morgan fingerprint density at radius 2 is 1.50 bits per heavy atom. The molecule has 1 unspecified atom stereocenters. The molecule has 0 aliphatic carbocycles. The molecule has 0 saturated carbocycles. The molecule has 1 aromatic carbocycles. The quantitative estimate of drug-likeness (QED) is 0.560. The van der Waals surface area contributed by atoms with Crippen molar-refractivity contribution in [3.05, 3.63) is 35.6 Å². The lowest BCUT2D eigenvalue weighted by Crippen LogP contribution is -2.33. The molecule has 1 rings (SSSR count). The van der Waals surface area contributed by atoms with Crippen molar-refractivity contribution in [3.8, 4) is 0 Å². The highest BCUT2D eigenvalue weighted by molar-refractivity contribution is 5.24. The number of rotatable bonds is 10. The summed E-state index contributed by atoms with van der Waals surface area (Å²) < 4.78 is 13.8. The van der Waals surface area contributed by atoms with E-state index in [4.69, 9.17) is 5.73 Å². The van der Waals surface area contributed by atoms with Crippen LogP contribution in [0.4, 0.5) is 4.39 Å². The van der Waals surface area contributed by atoms with Crippen molar-refractivity contribution in [2.45, 2.75) is 77.2 Å². The molecule has 1 atom stereocenters. The Balaban J connectivity index is 2.22. The normalized spacial score (nSPS) is 14.2. The smallest absolute Gasteiger partial charge is 0.128 e. The molecule has 0 fully saturated rings. The molecular weight excluding hydrogens is 249 g/mol. The van der Waals surface area contributed by atoms with E-state index in [9.17, 15) is 4.39 Å². The van der Waals surface area contributed by atoms with Crippen LogP contribution in [-0.4, -0.2) is 0 Å². The Hall–Kier alpha value is -0.890. The maximum atomic E-state index is 13.8. The second-order valence-corrected chi connectivity index (χ2v) is 6.12. The van der Waals surface area contributed by atoms with Crippen LogP contribution in [0, 0.1) is 5.82 Å². The second-order valence-electron chi connectivity index (χ2n) is 6.12. The van der Waals surface area contributed by atoms with Crippen molar-refractivity contribution >= 4 is 0 Å². The summed E-state index contributed by atoms with van der Waals surface area (Å²) in [5.41, 5.74) is 6.37. The van der Waals surface area contributed by atoms with Gasteiger partial charge in [0.1, 0.15) is 5.82 Å². The molecule has 114 valence electrons. The summed E-state index contributed by atoms with van der Waals surface area (Å²) in [6.07, 6.45) is 11.1. The van der Waals surface area contributed by atoms with Gasteiger partial charge in [0.25, 0.3) is 0 Å². The molecule has 0 aromatic heterocycles. The molecule has 0 saturated heterocycles. The fourth-order valence-corrected chi connectivity index (χ4v) is 2.69. The first kappa shape index (κ1) is 17.2. The SMILES string of the molecule is CCCCCCCCCCC(C)(N)c1ccccc1F. The molecule has 2 N–H and O–H groups in total. The lowest BCUT2D eigenvalue weighted by Gasteiger charge is -2.25. The Morgan fingerprint density at radius 3 is 2.10 bits per heavy atom. The summed E-state index contributed by atoms with van der Waals surface area (Å²) in [5.74, 6) is -0.183. The fourth-order valence-electron chi connectivity index (χ4n) is 2.69. The molecule has 0 spiro atoms. The van der Waals surface area contributed by atoms with E-state index < -0.39 is 5.54 Å². The molecule has 0 bridgehead atoms. The van der Waals surface area contributed by atoms with Gasteiger partial charge in [-0.1, -0.05) is 76.5 Å². The lowest BCUT2D eigenvalue weighted by atomic mass is 9.87. The molecule has 1 aromatic rings. The van der Waals surface area contributed by atoms with Gasteiger partial charge in [0.2, 0.25) is 0 Å². The molecule has 1 nitrogen and oxygen atoms in total. The van der Waals surface area contributed by atoms with Crippen molar-refractivity contribution in [1.29, 1.82) is 0 Å². The van der Waals surface area contributed by atoms with Crippen molar-refractivity contribution in [1.82, 2.24) is 0 Å². The Morgan fingerprint density at radius 1 is 0.950 bits per heavy atom. The van der Waals surface area contributed by atoms with Gasteiger partial charge in [0.15, 0.2) is 0 Å². The molecule has 0 amide bonds. The van der Waals surface area contributed by atoms with Crippen LogP contribution in [0.5, 0.6) is 0 Å². The van der Waals surface area contributed by atoms with Gasteiger partial charge in [-0.25, -0.2) is 4.39 Å². The molecule has 0 heterocycles. The maximum Gasteiger partial charge on any atom is 0.128 e. The minimum Gasteiger partial charge on any atom is -0.322 e. The third-order valence-electron chi connectivity index (χ3n) is 4.04. The van der Waals surface area contributed by atoms with Crippen LogP contribution < -0.4 is 5.73 Å². The predicted octanol–water partition coefficient (Wildman–Crippen LogP) is 5.53. The Labute approximate surface area is 123 Å². The van der Waals surface area contributed by atoms with E-state index in [0.29, 0.717) is 5.56 Å². The van der Waals surface area contributed by atoms with Crippen LogP contribution in [0.1, 0.15) is 77.2 Å². The average molecular weight is 279 g/mol. The van der Waals surface area contributed by atoms with E-state index in [1.165, 1.54) is 51.0 Å². The Bertz CT molecular complexity index is 373. The van der Waals surface area contributed by atoms with Gasteiger partial charge < -0.3 is 5.73 Å². The monoisotopic (exact) mass is 279 g/mol. The highest BCUT2D eigenvalue weighted by Crippen LogP contribution is 2.26. The van der Waals surface area contributed by atoms with E-state index in [2.05, 4.69) is 6.92 Å². The number of hydrogen-bond donors (Lipinski definition) is 1. The Kier molecular flexibility index (Phi) is 7.83. The van der Waals surface area contributed by atoms with Crippen LogP contribution in [0.3, 0.4) is 0 Å². The number of hydrogen-bond acceptors (Lipinski definition) is 1. The van der Waals surface area contributed by atoms with Gasteiger partial charge in [0.05, 0.1) is 0 Å². The van der Waals surface area contributed by atoms with Crippen molar-refractivity contribution in [2.75, 3.05) is 0 Å². The zero-order chi connectivity index (χ0) is 14.8. The van der Waals surface area contributed by atoms with Gasteiger partial charge in [0, 0.05) is 11.1 Å². The second kappa shape index (κ2) is 9.12. The molecule has 0 aliphatic heterocycles. The zero-order valence-electron chi connectivity index (χ0n) is 13.1. The van der Waals surface area contributed by atoms with Crippen molar-refractivity contribution in [2.24, 2.45) is 5.73 Å². The first-order valence-corrected chi connectivity index (χ1v) is 8.12. The van der Waals surface area contributed by atoms with Gasteiger partial charge in [-0.3, -0.25) is 0 Å². The van der Waals surface area contributed by atoms with E-state index >= 15 is 0 Å². The maximum absolute atomic E-state index is 13.8. The van der Waals surface area contributed by atoms with Gasteiger partial charge in [-0.15, -0.1) is 0 Å².